The molecule has 2 rings (SSSR count). The number of nitrogens with two attached hydrogens (primary N) is 1. The molecule has 2 unspecified atom stereocenters. The summed E-state index contributed by atoms with van der Waals surface area (Å²) in [4.78, 5) is 0. The first kappa shape index (κ1) is 13.4. The Morgan fingerprint density at radius 2 is 1.83 bits per heavy atom. The zero-order valence-corrected chi connectivity index (χ0v) is 10.9. The Hall–Kier alpha value is -1.06. The first-order valence-corrected chi connectivity index (χ1v) is 6.89. The molecule has 0 aliphatic heterocycles. The van der Waals surface area contributed by atoms with Gasteiger partial charge in [-0.1, -0.05) is 31.0 Å². The van der Waals surface area contributed by atoms with Gasteiger partial charge >= 0.3 is 0 Å². The zero-order valence-electron chi connectivity index (χ0n) is 10.9. The standard InChI is InChI=1S/C15H23NO2/c16-12-13-6-4-5-9-15(13)18-11-10-17-14-7-2-1-3-8-14/h1-3,7-8,13,15H,4-6,9-12,16H2. The summed E-state index contributed by atoms with van der Waals surface area (Å²) < 4.78 is 11.5. The molecule has 3 heteroatoms. The molecule has 1 aromatic carbocycles. The molecule has 0 heterocycles. The molecule has 1 aliphatic rings. The van der Waals surface area contributed by atoms with Crippen molar-refractivity contribution in [2.75, 3.05) is 19.8 Å². The van der Waals surface area contributed by atoms with Gasteiger partial charge in [0.1, 0.15) is 12.4 Å². The van der Waals surface area contributed by atoms with Gasteiger partial charge in [0.05, 0.1) is 12.7 Å². The summed E-state index contributed by atoms with van der Waals surface area (Å²) in [5, 5.41) is 0. The molecule has 18 heavy (non-hydrogen) atoms. The summed E-state index contributed by atoms with van der Waals surface area (Å²) in [5.41, 5.74) is 5.78. The minimum Gasteiger partial charge on any atom is -0.491 e. The summed E-state index contributed by atoms with van der Waals surface area (Å²) in [7, 11) is 0. The normalized spacial score (nSPS) is 23.8. The van der Waals surface area contributed by atoms with Gasteiger partial charge in [0.15, 0.2) is 0 Å². The van der Waals surface area contributed by atoms with Crippen molar-refractivity contribution in [2.24, 2.45) is 11.7 Å². The van der Waals surface area contributed by atoms with Crippen molar-refractivity contribution in [3.05, 3.63) is 30.3 Å². The van der Waals surface area contributed by atoms with E-state index >= 15 is 0 Å². The lowest BCUT2D eigenvalue weighted by atomic mass is 9.86. The first-order chi connectivity index (χ1) is 8.90. The quantitative estimate of drug-likeness (QED) is 0.788. The van der Waals surface area contributed by atoms with Gasteiger partial charge < -0.3 is 15.2 Å². The van der Waals surface area contributed by atoms with E-state index < -0.39 is 0 Å². The first-order valence-electron chi connectivity index (χ1n) is 6.89. The molecule has 1 aromatic rings. The molecule has 1 aliphatic carbocycles. The second-order valence-electron chi connectivity index (χ2n) is 4.85. The smallest absolute Gasteiger partial charge is 0.119 e. The molecule has 0 amide bonds. The van der Waals surface area contributed by atoms with Crippen molar-refractivity contribution in [1.29, 1.82) is 0 Å². The maximum Gasteiger partial charge on any atom is 0.119 e. The average Bonchev–Trinajstić information content (AvgIpc) is 2.45. The Balaban J connectivity index is 1.65. The fourth-order valence-corrected chi connectivity index (χ4v) is 2.54. The van der Waals surface area contributed by atoms with Crippen LogP contribution in [0.3, 0.4) is 0 Å². The summed E-state index contributed by atoms with van der Waals surface area (Å²) in [6, 6.07) is 9.85. The maximum absolute atomic E-state index is 5.90. The number of ether oxygens (including phenoxy) is 2. The van der Waals surface area contributed by atoms with Gasteiger partial charge in [0.2, 0.25) is 0 Å². The molecule has 0 bridgehead atoms. The second kappa shape index (κ2) is 7.39. The van der Waals surface area contributed by atoms with Crippen LogP contribution in [0.5, 0.6) is 5.75 Å². The molecule has 2 atom stereocenters. The Bertz CT molecular complexity index is 329. The molecule has 3 nitrogen and oxygen atoms in total. The van der Waals surface area contributed by atoms with Crippen LogP contribution in [0.4, 0.5) is 0 Å². The van der Waals surface area contributed by atoms with Crippen LogP contribution >= 0.6 is 0 Å². The third-order valence-electron chi connectivity index (χ3n) is 3.57. The molecule has 1 fully saturated rings. The van der Waals surface area contributed by atoms with Crippen LogP contribution in [0.2, 0.25) is 0 Å². The molecule has 100 valence electrons. The summed E-state index contributed by atoms with van der Waals surface area (Å²) >= 11 is 0. The molecule has 1 saturated carbocycles. The van der Waals surface area contributed by atoms with E-state index in [0.717, 1.165) is 18.7 Å². The van der Waals surface area contributed by atoms with E-state index in [1.165, 1.54) is 19.3 Å². The number of hydrogen-bond donors (Lipinski definition) is 1. The van der Waals surface area contributed by atoms with Gasteiger partial charge in [0, 0.05) is 0 Å². The maximum atomic E-state index is 5.90. The van der Waals surface area contributed by atoms with Crippen LogP contribution in [0.15, 0.2) is 30.3 Å². The number of para-hydroxylation sites is 1. The highest BCUT2D eigenvalue weighted by molar-refractivity contribution is 5.20. The van der Waals surface area contributed by atoms with Crippen molar-refractivity contribution in [3.8, 4) is 5.75 Å². The van der Waals surface area contributed by atoms with E-state index in [0.29, 0.717) is 25.2 Å². The lowest BCUT2D eigenvalue weighted by Gasteiger charge is -2.30. The van der Waals surface area contributed by atoms with Gasteiger partial charge in [-0.05, 0) is 37.4 Å². The largest absolute Gasteiger partial charge is 0.491 e. The minimum atomic E-state index is 0.336. The third-order valence-corrected chi connectivity index (χ3v) is 3.57. The van der Waals surface area contributed by atoms with Gasteiger partial charge in [-0.3, -0.25) is 0 Å². The van der Waals surface area contributed by atoms with Crippen LogP contribution in [-0.4, -0.2) is 25.9 Å². The number of hydrogen-bond acceptors (Lipinski definition) is 3. The van der Waals surface area contributed by atoms with Gasteiger partial charge in [-0.15, -0.1) is 0 Å². The van der Waals surface area contributed by atoms with E-state index in [-0.39, 0.29) is 0 Å². The van der Waals surface area contributed by atoms with Crippen molar-refractivity contribution in [2.45, 2.75) is 31.8 Å². The third kappa shape index (κ3) is 4.00. The van der Waals surface area contributed by atoms with Crippen LogP contribution < -0.4 is 10.5 Å². The van der Waals surface area contributed by atoms with Crippen LogP contribution in [0.1, 0.15) is 25.7 Å². The van der Waals surface area contributed by atoms with Crippen molar-refractivity contribution < 1.29 is 9.47 Å². The Kier molecular flexibility index (Phi) is 5.49. The van der Waals surface area contributed by atoms with Crippen molar-refractivity contribution >= 4 is 0 Å². The number of benzene rings is 1. The molecular weight excluding hydrogens is 226 g/mol. The topological polar surface area (TPSA) is 44.5 Å². The van der Waals surface area contributed by atoms with Crippen LogP contribution in [-0.2, 0) is 4.74 Å². The Labute approximate surface area is 109 Å². The lowest BCUT2D eigenvalue weighted by Crippen LogP contribution is -2.34. The lowest BCUT2D eigenvalue weighted by molar-refractivity contribution is -0.0192. The highest BCUT2D eigenvalue weighted by Crippen LogP contribution is 2.25. The molecule has 0 radical (unpaired) electrons. The summed E-state index contributed by atoms with van der Waals surface area (Å²) in [5.74, 6) is 1.44. The number of rotatable bonds is 6. The summed E-state index contributed by atoms with van der Waals surface area (Å²) in [6.07, 6.45) is 5.25. The zero-order chi connectivity index (χ0) is 12.6. The fourth-order valence-electron chi connectivity index (χ4n) is 2.54. The van der Waals surface area contributed by atoms with E-state index in [4.69, 9.17) is 15.2 Å². The fraction of sp³-hybridized carbons (Fsp3) is 0.600. The predicted octanol–water partition coefficient (Wildman–Crippen LogP) is 2.60. The molecule has 0 aromatic heterocycles. The second-order valence-corrected chi connectivity index (χ2v) is 4.85. The van der Waals surface area contributed by atoms with Gasteiger partial charge in [-0.2, -0.15) is 0 Å². The van der Waals surface area contributed by atoms with E-state index in [2.05, 4.69) is 0 Å². The van der Waals surface area contributed by atoms with Gasteiger partial charge in [-0.25, -0.2) is 0 Å². The van der Waals surface area contributed by atoms with Crippen molar-refractivity contribution in [1.82, 2.24) is 0 Å². The van der Waals surface area contributed by atoms with E-state index in [1.54, 1.807) is 0 Å². The van der Waals surface area contributed by atoms with Crippen LogP contribution in [0, 0.1) is 5.92 Å². The SMILES string of the molecule is NCC1CCCCC1OCCOc1ccccc1. The monoisotopic (exact) mass is 249 g/mol. The van der Waals surface area contributed by atoms with E-state index in [9.17, 15) is 0 Å². The predicted molar refractivity (Wildman–Crippen MR) is 72.7 cm³/mol. The highest BCUT2D eigenvalue weighted by Gasteiger charge is 2.24. The van der Waals surface area contributed by atoms with Gasteiger partial charge in [0.25, 0.3) is 0 Å². The Morgan fingerprint density at radius 1 is 1.06 bits per heavy atom. The Morgan fingerprint density at radius 3 is 2.61 bits per heavy atom. The van der Waals surface area contributed by atoms with E-state index in [1.807, 2.05) is 30.3 Å². The minimum absolute atomic E-state index is 0.336. The van der Waals surface area contributed by atoms with Crippen LogP contribution in [0.25, 0.3) is 0 Å². The highest BCUT2D eigenvalue weighted by atomic mass is 16.5. The van der Waals surface area contributed by atoms with Crippen molar-refractivity contribution in [3.63, 3.8) is 0 Å². The molecular formula is C15H23NO2. The molecule has 2 N–H and O–H groups in total. The molecule has 0 saturated heterocycles. The average molecular weight is 249 g/mol. The molecule has 0 spiro atoms. The summed E-state index contributed by atoms with van der Waals surface area (Å²) in [6.45, 7) is 2.00.